The third-order valence-corrected chi connectivity index (χ3v) is 2.39. The van der Waals surface area contributed by atoms with Crippen molar-refractivity contribution in [2.45, 2.75) is 18.8 Å². The van der Waals surface area contributed by atoms with Crippen molar-refractivity contribution in [3.05, 3.63) is 4.88 Å². The van der Waals surface area contributed by atoms with Gasteiger partial charge in [-0.25, -0.2) is 0 Å². The number of nitrogen functional groups attached to an aromatic ring is 1. The normalized spacial score (nSPS) is 18.2. The lowest BCUT2D eigenvalue weighted by Gasteiger charge is -1.86. The molecule has 0 aromatic carbocycles. The highest BCUT2D eigenvalue weighted by atomic mass is 32.1. The SMILES string of the molecule is Nc1nnsc1C1CC1. The number of rotatable bonds is 1. The third kappa shape index (κ3) is 0.790. The molecule has 0 amide bonds. The number of anilines is 1. The van der Waals surface area contributed by atoms with Crippen molar-refractivity contribution in [2.75, 3.05) is 5.73 Å². The zero-order valence-corrected chi connectivity index (χ0v) is 5.69. The third-order valence-electron chi connectivity index (χ3n) is 1.49. The van der Waals surface area contributed by atoms with Crippen LogP contribution in [0, 0.1) is 0 Å². The summed E-state index contributed by atoms with van der Waals surface area (Å²) in [6, 6.07) is 0. The molecule has 1 saturated carbocycles. The van der Waals surface area contributed by atoms with Crippen LogP contribution in [0.5, 0.6) is 0 Å². The van der Waals surface area contributed by atoms with Crippen molar-refractivity contribution in [2.24, 2.45) is 0 Å². The van der Waals surface area contributed by atoms with Gasteiger partial charge < -0.3 is 5.73 Å². The number of hydrogen-bond donors (Lipinski definition) is 1. The Kier molecular flexibility index (Phi) is 0.958. The fourth-order valence-electron chi connectivity index (χ4n) is 0.834. The molecule has 1 aliphatic carbocycles. The number of hydrogen-bond acceptors (Lipinski definition) is 4. The Morgan fingerprint density at radius 3 is 2.78 bits per heavy atom. The molecule has 48 valence electrons. The van der Waals surface area contributed by atoms with E-state index in [-0.39, 0.29) is 0 Å². The van der Waals surface area contributed by atoms with E-state index in [1.165, 1.54) is 29.3 Å². The largest absolute Gasteiger partial charge is 0.381 e. The molecule has 1 aromatic rings. The van der Waals surface area contributed by atoms with Gasteiger partial charge in [-0.15, -0.1) is 5.10 Å². The zero-order chi connectivity index (χ0) is 6.27. The topological polar surface area (TPSA) is 51.8 Å². The fraction of sp³-hybridized carbons (Fsp3) is 0.600. The fourth-order valence-corrected chi connectivity index (χ4v) is 1.57. The van der Waals surface area contributed by atoms with Gasteiger partial charge in [-0.1, -0.05) is 4.49 Å². The zero-order valence-electron chi connectivity index (χ0n) is 4.87. The van der Waals surface area contributed by atoms with Gasteiger partial charge in [-0.05, 0) is 30.3 Å². The smallest absolute Gasteiger partial charge is 0.162 e. The highest BCUT2D eigenvalue weighted by Gasteiger charge is 2.27. The van der Waals surface area contributed by atoms with Gasteiger partial charge in [-0.2, -0.15) is 0 Å². The van der Waals surface area contributed by atoms with Crippen LogP contribution in [0.2, 0.25) is 0 Å². The second-order valence-corrected chi connectivity index (χ2v) is 3.08. The van der Waals surface area contributed by atoms with Crippen LogP contribution in [0.25, 0.3) is 0 Å². The summed E-state index contributed by atoms with van der Waals surface area (Å²) in [5.74, 6) is 1.34. The van der Waals surface area contributed by atoms with E-state index in [2.05, 4.69) is 9.59 Å². The lowest BCUT2D eigenvalue weighted by Crippen LogP contribution is -1.87. The van der Waals surface area contributed by atoms with E-state index in [9.17, 15) is 0 Å². The van der Waals surface area contributed by atoms with E-state index in [1.54, 1.807) is 0 Å². The van der Waals surface area contributed by atoms with Crippen molar-refractivity contribution < 1.29 is 0 Å². The molecule has 2 rings (SSSR count). The summed E-state index contributed by atoms with van der Waals surface area (Å²) in [4.78, 5) is 1.19. The maximum absolute atomic E-state index is 5.52. The molecular formula is C5H7N3S. The Labute approximate surface area is 57.0 Å². The highest BCUT2D eigenvalue weighted by molar-refractivity contribution is 7.06. The maximum Gasteiger partial charge on any atom is 0.162 e. The lowest BCUT2D eigenvalue weighted by molar-refractivity contribution is 1.13. The molecule has 0 radical (unpaired) electrons. The standard InChI is InChI=1S/C5H7N3S/c6-5-4(3-1-2-3)9-8-7-5/h3H,1-2,6H2. The molecule has 3 nitrogen and oxygen atoms in total. The summed E-state index contributed by atoms with van der Waals surface area (Å²) in [5, 5.41) is 3.72. The first-order valence-electron chi connectivity index (χ1n) is 2.95. The summed E-state index contributed by atoms with van der Waals surface area (Å²) >= 11 is 1.43. The second-order valence-electron chi connectivity index (χ2n) is 2.30. The summed E-state index contributed by atoms with van der Waals surface area (Å²) in [7, 11) is 0. The molecule has 0 bridgehead atoms. The van der Waals surface area contributed by atoms with Crippen LogP contribution in [-0.4, -0.2) is 9.59 Å². The van der Waals surface area contributed by atoms with E-state index in [0.29, 0.717) is 11.7 Å². The summed E-state index contributed by atoms with van der Waals surface area (Å²) in [6.45, 7) is 0. The number of nitrogens with two attached hydrogens (primary N) is 1. The minimum atomic E-state index is 0.641. The first-order chi connectivity index (χ1) is 4.38. The second kappa shape index (κ2) is 1.67. The molecular weight excluding hydrogens is 134 g/mol. The average Bonchev–Trinajstić information content (AvgIpc) is 2.58. The van der Waals surface area contributed by atoms with E-state index < -0.39 is 0 Å². The van der Waals surface area contributed by atoms with Gasteiger partial charge in [0.25, 0.3) is 0 Å². The predicted molar refractivity (Wildman–Crippen MR) is 36.3 cm³/mol. The molecule has 1 aromatic heterocycles. The molecule has 4 heteroatoms. The van der Waals surface area contributed by atoms with Crippen LogP contribution in [0.15, 0.2) is 0 Å². The molecule has 1 fully saturated rings. The van der Waals surface area contributed by atoms with E-state index >= 15 is 0 Å². The predicted octanol–water partition coefficient (Wildman–Crippen LogP) is 0.998. The molecule has 1 aliphatic rings. The van der Waals surface area contributed by atoms with E-state index in [4.69, 9.17) is 5.73 Å². The van der Waals surface area contributed by atoms with E-state index in [1.807, 2.05) is 0 Å². The van der Waals surface area contributed by atoms with Crippen molar-refractivity contribution >= 4 is 17.4 Å². The molecule has 1 heterocycles. The highest BCUT2D eigenvalue weighted by Crippen LogP contribution is 2.43. The van der Waals surface area contributed by atoms with E-state index in [0.717, 1.165) is 0 Å². The average molecular weight is 141 g/mol. The molecule has 0 atom stereocenters. The van der Waals surface area contributed by atoms with Crippen LogP contribution in [0.3, 0.4) is 0 Å². The van der Waals surface area contributed by atoms with Crippen molar-refractivity contribution in [1.29, 1.82) is 0 Å². The molecule has 0 aliphatic heterocycles. The van der Waals surface area contributed by atoms with Crippen molar-refractivity contribution in [3.8, 4) is 0 Å². The monoisotopic (exact) mass is 141 g/mol. The summed E-state index contributed by atoms with van der Waals surface area (Å²) < 4.78 is 3.75. The minimum absolute atomic E-state index is 0.641. The first kappa shape index (κ1) is 5.17. The minimum Gasteiger partial charge on any atom is -0.381 e. The Bertz CT molecular complexity index is 216. The summed E-state index contributed by atoms with van der Waals surface area (Å²) in [5.41, 5.74) is 5.52. The Balaban J connectivity index is 2.35. The van der Waals surface area contributed by atoms with Gasteiger partial charge in [0.05, 0.1) is 4.88 Å². The molecule has 0 unspecified atom stereocenters. The summed E-state index contributed by atoms with van der Waals surface area (Å²) in [6.07, 6.45) is 2.54. The van der Waals surface area contributed by atoms with Crippen LogP contribution < -0.4 is 5.73 Å². The van der Waals surface area contributed by atoms with Gasteiger partial charge in [-0.3, -0.25) is 0 Å². The quantitative estimate of drug-likeness (QED) is 0.634. The van der Waals surface area contributed by atoms with Crippen LogP contribution >= 0.6 is 11.5 Å². The molecule has 9 heavy (non-hydrogen) atoms. The van der Waals surface area contributed by atoms with Gasteiger partial charge >= 0.3 is 0 Å². The molecule has 0 spiro atoms. The Morgan fingerprint density at radius 1 is 1.56 bits per heavy atom. The van der Waals surface area contributed by atoms with Crippen molar-refractivity contribution in [3.63, 3.8) is 0 Å². The van der Waals surface area contributed by atoms with Gasteiger partial charge in [0.2, 0.25) is 0 Å². The van der Waals surface area contributed by atoms with Gasteiger partial charge in [0.1, 0.15) is 0 Å². The molecule has 2 N–H and O–H groups in total. The lowest BCUT2D eigenvalue weighted by atomic mass is 10.3. The number of aromatic nitrogens is 2. The van der Waals surface area contributed by atoms with Gasteiger partial charge in [0, 0.05) is 0 Å². The van der Waals surface area contributed by atoms with Crippen LogP contribution in [-0.2, 0) is 0 Å². The van der Waals surface area contributed by atoms with Crippen molar-refractivity contribution in [1.82, 2.24) is 9.59 Å². The Morgan fingerprint density at radius 2 is 2.33 bits per heavy atom. The van der Waals surface area contributed by atoms with Gasteiger partial charge in [0.15, 0.2) is 5.82 Å². The van der Waals surface area contributed by atoms with Crippen LogP contribution in [0.4, 0.5) is 5.82 Å². The maximum atomic E-state index is 5.52. The number of nitrogens with zero attached hydrogens (tertiary/aromatic N) is 2. The van der Waals surface area contributed by atoms with Crippen LogP contribution in [0.1, 0.15) is 23.6 Å². The molecule has 0 saturated heterocycles. The Hall–Kier alpha value is -0.640. The first-order valence-corrected chi connectivity index (χ1v) is 3.73.